The summed E-state index contributed by atoms with van der Waals surface area (Å²) in [6.07, 6.45) is 4.81. The molecule has 0 saturated heterocycles. The van der Waals surface area contributed by atoms with Gasteiger partial charge in [0.1, 0.15) is 0 Å². The van der Waals surface area contributed by atoms with Gasteiger partial charge >= 0.3 is 5.97 Å². The molecule has 2 aromatic heterocycles. The molecule has 0 aliphatic heterocycles. The first-order valence-corrected chi connectivity index (χ1v) is 7.98. The molecule has 4 aromatic rings. The number of hydrogen-bond acceptors (Lipinski definition) is 4. The molecule has 2 heterocycles. The van der Waals surface area contributed by atoms with Crippen molar-refractivity contribution in [2.24, 2.45) is 0 Å². The van der Waals surface area contributed by atoms with Crippen molar-refractivity contribution in [3.8, 4) is 27.9 Å². The summed E-state index contributed by atoms with van der Waals surface area (Å²) in [5, 5.41) is 16.7. The van der Waals surface area contributed by atoms with E-state index in [1.807, 2.05) is 54.7 Å². The van der Waals surface area contributed by atoms with E-state index < -0.39 is 5.97 Å². The summed E-state index contributed by atoms with van der Waals surface area (Å²) >= 11 is 0. The van der Waals surface area contributed by atoms with Gasteiger partial charge in [0.2, 0.25) is 0 Å². The van der Waals surface area contributed by atoms with Crippen LogP contribution in [0.1, 0.15) is 10.5 Å². The standard InChI is InChI=1S/C20H14N4O2/c25-20(26)19-13-22-23-24(19)16-9-7-14(8-10-16)17-5-1-2-6-18(17)15-4-3-11-21-12-15/h1-13H,(H,25,26). The summed E-state index contributed by atoms with van der Waals surface area (Å²) in [5.74, 6) is -1.07. The first kappa shape index (κ1) is 15.7. The van der Waals surface area contributed by atoms with E-state index in [0.29, 0.717) is 5.69 Å². The minimum atomic E-state index is -1.07. The molecule has 0 radical (unpaired) electrons. The normalized spacial score (nSPS) is 10.6. The third-order valence-corrected chi connectivity index (χ3v) is 4.09. The van der Waals surface area contributed by atoms with Gasteiger partial charge < -0.3 is 5.11 Å². The Kier molecular flexibility index (Phi) is 3.99. The van der Waals surface area contributed by atoms with Crippen LogP contribution < -0.4 is 0 Å². The molecule has 4 rings (SSSR count). The molecule has 0 saturated carbocycles. The Balaban J connectivity index is 1.75. The smallest absolute Gasteiger partial charge is 0.356 e. The van der Waals surface area contributed by atoms with Crippen LogP contribution in [0.3, 0.4) is 0 Å². The quantitative estimate of drug-likeness (QED) is 0.612. The molecule has 0 aliphatic rings. The summed E-state index contributed by atoms with van der Waals surface area (Å²) in [5.41, 5.74) is 4.88. The van der Waals surface area contributed by atoms with E-state index in [2.05, 4.69) is 27.4 Å². The van der Waals surface area contributed by atoms with Crippen LogP contribution in [0.2, 0.25) is 0 Å². The van der Waals surface area contributed by atoms with Gasteiger partial charge in [-0.15, -0.1) is 5.10 Å². The minimum Gasteiger partial charge on any atom is -0.476 e. The predicted molar refractivity (Wildman–Crippen MR) is 97.0 cm³/mol. The SMILES string of the molecule is O=C(O)c1cnnn1-c1ccc(-c2ccccc2-c2cccnc2)cc1. The predicted octanol–water partition coefficient (Wildman–Crippen LogP) is 3.69. The number of carboxylic acid groups (broad SMARTS) is 1. The van der Waals surface area contributed by atoms with Gasteiger partial charge in [-0.1, -0.05) is 47.7 Å². The Hall–Kier alpha value is -3.80. The van der Waals surface area contributed by atoms with E-state index in [-0.39, 0.29) is 5.69 Å². The molecule has 0 atom stereocenters. The molecule has 0 unspecified atom stereocenters. The number of aromatic carboxylic acids is 1. The van der Waals surface area contributed by atoms with Crippen LogP contribution in [-0.4, -0.2) is 31.1 Å². The van der Waals surface area contributed by atoms with E-state index in [9.17, 15) is 9.90 Å². The lowest BCUT2D eigenvalue weighted by molar-refractivity contribution is 0.0687. The lowest BCUT2D eigenvalue weighted by Gasteiger charge is -2.11. The highest BCUT2D eigenvalue weighted by Crippen LogP contribution is 2.31. The Bertz CT molecular complexity index is 1060. The van der Waals surface area contributed by atoms with Crippen molar-refractivity contribution < 1.29 is 9.90 Å². The molecule has 0 spiro atoms. The maximum Gasteiger partial charge on any atom is 0.356 e. The first-order valence-electron chi connectivity index (χ1n) is 7.98. The first-order chi connectivity index (χ1) is 12.7. The van der Waals surface area contributed by atoms with Gasteiger partial charge in [-0.2, -0.15) is 0 Å². The molecule has 1 N–H and O–H groups in total. The van der Waals surface area contributed by atoms with Gasteiger partial charge in [0.05, 0.1) is 11.9 Å². The van der Waals surface area contributed by atoms with E-state index in [0.717, 1.165) is 22.3 Å². The fourth-order valence-corrected chi connectivity index (χ4v) is 2.86. The average Bonchev–Trinajstić information content (AvgIpc) is 3.19. The number of carboxylic acids is 1. The molecule has 0 aliphatic carbocycles. The summed E-state index contributed by atoms with van der Waals surface area (Å²) in [4.78, 5) is 15.4. The number of nitrogens with zero attached hydrogens (tertiary/aromatic N) is 4. The van der Waals surface area contributed by atoms with E-state index in [1.165, 1.54) is 10.9 Å². The Morgan fingerprint density at radius 2 is 1.58 bits per heavy atom. The van der Waals surface area contributed by atoms with Crippen molar-refractivity contribution in [1.82, 2.24) is 20.0 Å². The van der Waals surface area contributed by atoms with Gasteiger partial charge in [-0.05, 0) is 34.9 Å². The molecule has 6 nitrogen and oxygen atoms in total. The lowest BCUT2D eigenvalue weighted by Crippen LogP contribution is -2.07. The monoisotopic (exact) mass is 342 g/mol. The van der Waals surface area contributed by atoms with Gasteiger partial charge in [-0.25, -0.2) is 9.48 Å². The second-order valence-electron chi connectivity index (χ2n) is 5.67. The van der Waals surface area contributed by atoms with Gasteiger partial charge in [0.15, 0.2) is 5.69 Å². The summed E-state index contributed by atoms with van der Waals surface area (Å²) in [6, 6.07) is 19.6. The van der Waals surface area contributed by atoms with E-state index >= 15 is 0 Å². The third kappa shape index (κ3) is 2.84. The van der Waals surface area contributed by atoms with Crippen molar-refractivity contribution >= 4 is 5.97 Å². The van der Waals surface area contributed by atoms with Crippen molar-refractivity contribution in [2.75, 3.05) is 0 Å². The maximum absolute atomic E-state index is 11.2. The van der Waals surface area contributed by atoms with Crippen LogP contribution >= 0.6 is 0 Å². The van der Waals surface area contributed by atoms with Crippen molar-refractivity contribution in [3.63, 3.8) is 0 Å². The largest absolute Gasteiger partial charge is 0.476 e. The minimum absolute atomic E-state index is 0.0218. The fourth-order valence-electron chi connectivity index (χ4n) is 2.86. The number of aromatic nitrogens is 4. The number of carbonyl (C=O) groups is 1. The highest BCUT2D eigenvalue weighted by molar-refractivity contribution is 5.86. The summed E-state index contributed by atoms with van der Waals surface area (Å²) in [7, 11) is 0. The van der Waals surface area contributed by atoms with Crippen molar-refractivity contribution in [2.45, 2.75) is 0 Å². The molecule has 2 aromatic carbocycles. The molecular formula is C20H14N4O2. The molecule has 0 fully saturated rings. The number of pyridine rings is 1. The van der Waals surface area contributed by atoms with Gasteiger partial charge in [0, 0.05) is 18.0 Å². The fraction of sp³-hybridized carbons (Fsp3) is 0. The Morgan fingerprint density at radius 3 is 2.23 bits per heavy atom. The van der Waals surface area contributed by atoms with Crippen LogP contribution in [0, 0.1) is 0 Å². The van der Waals surface area contributed by atoms with Crippen molar-refractivity contribution in [3.05, 3.63) is 84.9 Å². The second-order valence-corrected chi connectivity index (χ2v) is 5.67. The lowest BCUT2D eigenvalue weighted by atomic mass is 9.95. The maximum atomic E-state index is 11.2. The highest BCUT2D eigenvalue weighted by Gasteiger charge is 2.13. The Labute approximate surface area is 149 Å². The Morgan fingerprint density at radius 1 is 0.846 bits per heavy atom. The van der Waals surface area contributed by atoms with E-state index in [1.54, 1.807) is 6.20 Å². The zero-order valence-corrected chi connectivity index (χ0v) is 13.6. The third-order valence-electron chi connectivity index (χ3n) is 4.09. The highest BCUT2D eigenvalue weighted by atomic mass is 16.4. The molecule has 0 bridgehead atoms. The van der Waals surface area contributed by atoms with Crippen LogP contribution in [-0.2, 0) is 0 Å². The topological polar surface area (TPSA) is 80.9 Å². The van der Waals surface area contributed by atoms with E-state index in [4.69, 9.17) is 0 Å². The molecule has 6 heteroatoms. The van der Waals surface area contributed by atoms with Crippen LogP contribution in [0.5, 0.6) is 0 Å². The molecule has 126 valence electrons. The molecular weight excluding hydrogens is 328 g/mol. The second kappa shape index (κ2) is 6.60. The van der Waals surface area contributed by atoms with Crippen LogP contribution in [0.25, 0.3) is 27.9 Å². The zero-order chi connectivity index (χ0) is 17.9. The number of benzene rings is 2. The average molecular weight is 342 g/mol. The van der Waals surface area contributed by atoms with Gasteiger partial charge in [-0.3, -0.25) is 4.98 Å². The number of rotatable bonds is 4. The summed E-state index contributed by atoms with van der Waals surface area (Å²) in [6.45, 7) is 0. The zero-order valence-electron chi connectivity index (χ0n) is 13.6. The van der Waals surface area contributed by atoms with Gasteiger partial charge in [0.25, 0.3) is 0 Å². The van der Waals surface area contributed by atoms with Crippen molar-refractivity contribution in [1.29, 1.82) is 0 Å². The molecule has 26 heavy (non-hydrogen) atoms. The number of hydrogen-bond donors (Lipinski definition) is 1. The van der Waals surface area contributed by atoms with Crippen LogP contribution in [0.4, 0.5) is 0 Å². The van der Waals surface area contributed by atoms with Crippen LogP contribution in [0.15, 0.2) is 79.3 Å². The molecule has 0 amide bonds. The summed E-state index contributed by atoms with van der Waals surface area (Å²) < 4.78 is 1.30.